The van der Waals surface area contributed by atoms with Gasteiger partial charge in [0.2, 0.25) is 0 Å². The number of hydrogen-bond donors (Lipinski definition) is 0. The van der Waals surface area contributed by atoms with E-state index in [0.29, 0.717) is 9.90 Å². The number of sulfone groups is 1. The highest BCUT2D eigenvalue weighted by atomic mass is 32.2. The van der Waals surface area contributed by atoms with Crippen LogP contribution < -0.4 is 0 Å². The van der Waals surface area contributed by atoms with E-state index < -0.39 is 9.84 Å². The summed E-state index contributed by atoms with van der Waals surface area (Å²) in [6, 6.07) is 5.45. The van der Waals surface area contributed by atoms with Gasteiger partial charge in [-0.3, -0.25) is 4.98 Å². The third kappa shape index (κ3) is 2.73. The molecule has 0 spiro atoms. The molecule has 2 aromatic heterocycles. The Morgan fingerprint density at radius 1 is 1.24 bits per heavy atom. The maximum Gasteiger partial charge on any atom is 0.193 e. The van der Waals surface area contributed by atoms with Crippen molar-refractivity contribution in [3.05, 3.63) is 46.6 Å². The van der Waals surface area contributed by atoms with Crippen molar-refractivity contribution in [2.45, 2.75) is 23.8 Å². The molecule has 0 aliphatic rings. The van der Waals surface area contributed by atoms with Crippen LogP contribution in [0.25, 0.3) is 0 Å². The molecule has 0 aliphatic heterocycles. The van der Waals surface area contributed by atoms with E-state index in [1.54, 1.807) is 17.6 Å². The zero-order valence-electron chi connectivity index (χ0n) is 9.67. The zero-order valence-corrected chi connectivity index (χ0v) is 11.3. The van der Waals surface area contributed by atoms with Crippen LogP contribution in [0.15, 0.2) is 34.0 Å². The molecule has 0 atom stereocenters. The standard InChI is InChI=1S/C12H13NO2S2/c1-9-3-4-11(13-7-9)8-17(14,15)12-10(2)5-6-16-12/h3-7H,8H2,1-2H3. The highest BCUT2D eigenvalue weighted by molar-refractivity contribution is 7.92. The van der Waals surface area contributed by atoms with Crippen molar-refractivity contribution in [2.24, 2.45) is 0 Å². The number of nitrogens with zero attached hydrogens (tertiary/aromatic N) is 1. The second kappa shape index (κ2) is 4.58. The fraction of sp³-hybridized carbons (Fsp3) is 0.250. The topological polar surface area (TPSA) is 47.0 Å². The Kier molecular flexibility index (Phi) is 3.31. The SMILES string of the molecule is Cc1ccc(CS(=O)(=O)c2sccc2C)nc1. The van der Waals surface area contributed by atoms with E-state index in [4.69, 9.17) is 0 Å². The summed E-state index contributed by atoms with van der Waals surface area (Å²) in [6.07, 6.45) is 1.69. The van der Waals surface area contributed by atoms with Crippen molar-refractivity contribution in [3.8, 4) is 0 Å². The van der Waals surface area contributed by atoms with Gasteiger partial charge in [0, 0.05) is 6.20 Å². The van der Waals surface area contributed by atoms with Crippen molar-refractivity contribution in [1.82, 2.24) is 4.98 Å². The zero-order chi connectivity index (χ0) is 12.5. The molecular formula is C12H13NO2S2. The molecule has 3 nitrogen and oxygen atoms in total. The molecule has 0 saturated heterocycles. The van der Waals surface area contributed by atoms with Crippen LogP contribution >= 0.6 is 11.3 Å². The summed E-state index contributed by atoms with van der Waals surface area (Å²) >= 11 is 1.26. The lowest BCUT2D eigenvalue weighted by Gasteiger charge is -2.03. The summed E-state index contributed by atoms with van der Waals surface area (Å²) in [5, 5.41) is 1.80. The average molecular weight is 267 g/mol. The second-order valence-electron chi connectivity index (χ2n) is 3.98. The molecule has 17 heavy (non-hydrogen) atoms. The van der Waals surface area contributed by atoms with Crippen LogP contribution in [0.1, 0.15) is 16.8 Å². The molecule has 0 radical (unpaired) electrons. The van der Waals surface area contributed by atoms with Gasteiger partial charge in [0.05, 0.1) is 11.4 Å². The lowest BCUT2D eigenvalue weighted by Crippen LogP contribution is -2.05. The lowest BCUT2D eigenvalue weighted by molar-refractivity contribution is 0.596. The van der Waals surface area contributed by atoms with Crippen LogP contribution in [0.5, 0.6) is 0 Å². The first-order chi connectivity index (χ1) is 7.99. The normalized spacial score (nSPS) is 11.6. The fourth-order valence-electron chi connectivity index (χ4n) is 1.52. The minimum absolute atomic E-state index is 0.0331. The van der Waals surface area contributed by atoms with Gasteiger partial charge in [-0.1, -0.05) is 6.07 Å². The smallest absolute Gasteiger partial charge is 0.193 e. The van der Waals surface area contributed by atoms with Crippen molar-refractivity contribution in [3.63, 3.8) is 0 Å². The van der Waals surface area contributed by atoms with E-state index in [1.807, 2.05) is 26.0 Å². The second-order valence-corrected chi connectivity index (χ2v) is 7.08. The number of aryl methyl sites for hydroxylation is 2. The largest absolute Gasteiger partial charge is 0.260 e. The van der Waals surface area contributed by atoms with Gasteiger partial charge < -0.3 is 0 Å². The summed E-state index contributed by atoms with van der Waals surface area (Å²) in [6.45, 7) is 3.74. The third-order valence-electron chi connectivity index (χ3n) is 2.41. The molecule has 0 fully saturated rings. The predicted molar refractivity (Wildman–Crippen MR) is 68.9 cm³/mol. The van der Waals surface area contributed by atoms with Crippen LogP contribution in [0.4, 0.5) is 0 Å². The molecule has 0 bridgehead atoms. The van der Waals surface area contributed by atoms with Gasteiger partial charge in [-0.15, -0.1) is 11.3 Å². The van der Waals surface area contributed by atoms with Crippen molar-refractivity contribution in [2.75, 3.05) is 0 Å². The molecule has 0 saturated carbocycles. The van der Waals surface area contributed by atoms with Gasteiger partial charge in [-0.05, 0) is 42.5 Å². The van der Waals surface area contributed by atoms with Gasteiger partial charge in [0.15, 0.2) is 9.84 Å². The number of rotatable bonds is 3. The Morgan fingerprint density at radius 2 is 2.00 bits per heavy atom. The first-order valence-electron chi connectivity index (χ1n) is 5.17. The van der Waals surface area contributed by atoms with E-state index in [1.165, 1.54) is 11.3 Å². The molecule has 0 aromatic carbocycles. The van der Waals surface area contributed by atoms with Crippen LogP contribution in [0.3, 0.4) is 0 Å². The molecule has 2 rings (SSSR count). The number of thiophene rings is 1. The van der Waals surface area contributed by atoms with Gasteiger partial charge in [0.1, 0.15) is 4.21 Å². The summed E-state index contributed by atoms with van der Waals surface area (Å²) in [5.41, 5.74) is 2.42. The summed E-state index contributed by atoms with van der Waals surface area (Å²) in [7, 11) is -3.26. The van der Waals surface area contributed by atoms with Crippen molar-refractivity contribution >= 4 is 21.2 Å². The summed E-state index contributed by atoms with van der Waals surface area (Å²) in [5.74, 6) is -0.0331. The van der Waals surface area contributed by atoms with E-state index in [9.17, 15) is 8.42 Å². The molecule has 0 amide bonds. The van der Waals surface area contributed by atoms with Gasteiger partial charge in [-0.2, -0.15) is 0 Å². The molecular weight excluding hydrogens is 254 g/mol. The Bertz CT molecular complexity index is 612. The maximum absolute atomic E-state index is 12.1. The van der Waals surface area contributed by atoms with E-state index in [0.717, 1.165) is 11.1 Å². The van der Waals surface area contributed by atoms with Crippen molar-refractivity contribution in [1.29, 1.82) is 0 Å². The molecule has 2 heterocycles. The van der Waals surface area contributed by atoms with Crippen LogP contribution in [-0.2, 0) is 15.6 Å². The third-order valence-corrected chi connectivity index (χ3v) is 5.83. The number of pyridine rings is 1. The first kappa shape index (κ1) is 12.3. The van der Waals surface area contributed by atoms with Gasteiger partial charge in [0.25, 0.3) is 0 Å². The monoisotopic (exact) mass is 267 g/mol. The fourth-order valence-corrected chi connectivity index (χ4v) is 4.35. The minimum Gasteiger partial charge on any atom is -0.260 e. The van der Waals surface area contributed by atoms with Crippen molar-refractivity contribution < 1.29 is 8.42 Å². The van der Waals surface area contributed by atoms with Gasteiger partial charge in [-0.25, -0.2) is 8.42 Å². The van der Waals surface area contributed by atoms with Crippen LogP contribution in [0, 0.1) is 13.8 Å². The molecule has 0 N–H and O–H groups in total. The molecule has 5 heteroatoms. The van der Waals surface area contributed by atoms with Crippen LogP contribution in [-0.4, -0.2) is 13.4 Å². The van der Waals surface area contributed by atoms with Crippen LogP contribution in [0.2, 0.25) is 0 Å². The average Bonchev–Trinajstić information content (AvgIpc) is 2.68. The molecule has 90 valence electrons. The summed E-state index contributed by atoms with van der Waals surface area (Å²) in [4.78, 5) is 4.13. The van der Waals surface area contributed by atoms with E-state index >= 15 is 0 Å². The predicted octanol–water partition coefficient (Wildman–Crippen LogP) is 2.73. The molecule has 0 unspecified atom stereocenters. The van der Waals surface area contributed by atoms with E-state index in [2.05, 4.69) is 4.98 Å². The highest BCUT2D eigenvalue weighted by Crippen LogP contribution is 2.25. The highest BCUT2D eigenvalue weighted by Gasteiger charge is 2.19. The molecule has 0 aliphatic carbocycles. The summed E-state index contributed by atoms with van der Waals surface area (Å²) < 4.78 is 24.7. The Balaban J connectivity index is 2.30. The lowest BCUT2D eigenvalue weighted by atomic mass is 10.3. The Labute approximate surface area is 105 Å². The number of aromatic nitrogens is 1. The van der Waals surface area contributed by atoms with E-state index in [-0.39, 0.29) is 5.75 Å². The molecule has 2 aromatic rings. The maximum atomic E-state index is 12.1. The Hall–Kier alpha value is -1.20. The number of hydrogen-bond acceptors (Lipinski definition) is 4. The minimum atomic E-state index is -3.26. The Morgan fingerprint density at radius 3 is 2.53 bits per heavy atom. The quantitative estimate of drug-likeness (QED) is 0.859. The first-order valence-corrected chi connectivity index (χ1v) is 7.70. The van der Waals surface area contributed by atoms with Gasteiger partial charge >= 0.3 is 0 Å².